The van der Waals surface area contributed by atoms with E-state index in [4.69, 9.17) is 9.98 Å². The fourth-order valence-electron chi connectivity index (χ4n) is 12.3. The molecule has 1 N–H and O–H groups in total. The van der Waals surface area contributed by atoms with Gasteiger partial charge in [0.05, 0.1) is 10.8 Å². The molecule has 3 heteroatoms. The molecule has 1 aliphatic heterocycles. The zero-order valence-electron chi connectivity index (χ0n) is 36.0. The van der Waals surface area contributed by atoms with E-state index in [1.807, 2.05) is 0 Å². The number of hydrogen-bond donors (Lipinski definition) is 1. The van der Waals surface area contributed by atoms with E-state index in [0.29, 0.717) is 0 Å². The summed E-state index contributed by atoms with van der Waals surface area (Å²) in [4.78, 5) is 11.0. The Morgan fingerprint density at radius 2 is 0.712 bits per heavy atom. The van der Waals surface area contributed by atoms with Gasteiger partial charge in [-0.25, -0.2) is 9.98 Å². The van der Waals surface area contributed by atoms with Crippen LogP contribution in [0.25, 0.3) is 44.2 Å². The molecule has 308 valence electrons. The highest BCUT2D eigenvalue weighted by Gasteiger charge is 2.59. The van der Waals surface area contributed by atoms with Crippen LogP contribution in [-0.2, 0) is 10.8 Å². The van der Waals surface area contributed by atoms with E-state index in [1.54, 1.807) is 0 Å². The predicted octanol–water partition coefficient (Wildman–Crippen LogP) is 14.0. The molecule has 3 aliphatic carbocycles. The second kappa shape index (κ2) is 14.0. The molecule has 0 unspecified atom stereocenters. The monoisotopic (exact) mass is 839 g/mol. The predicted molar refractivity (Wildman–Crippen MR) is 269 cm³/mol. The first-order valence-electron chi connectivity index (χ1n) is 22.9. The summed E-state index contributed by atoms with van der Waals surface area (Å²) in [6.45, 7) is 0. The van der Waals surface area contributed by atoms with Crippen molar-refractivity contribution in [1.82, 2.24) is 5.32 Å². The molecule has 10 aromatic carbocycles. The molecular formula is C63H41N3. The molecule has 0 saturated carbocycles. The third-order valence-corrected chi connectivity index (χ3v) is 14.8. The highest BCUT2D eigenvalue weighted by atomic mass is 15.2. The molecule has 4 aliphatic rings. The summed E-state index contributed by atoms with van der Waals surface area (Å²) >= 11 is 0. The number of nitrogens with zero attached hydrogens (tertiary/aromatic N) is 2. The molecule has 10 aromatic rings. The summed E-state index contributed by atoms with van der Waals surface area (Å²) in [6, 6.07) is 87.4. The highest BCUT2D eigenvalue weighted by molar-refractivity contribution is 6.16. The van der Waals surface area contributed by atoms with Crippen molar-refractivity contribution in [2.45, 2.75) is 17.0 Å². The van der Waals surface area contributed by atoms with Gasteiger partial charge in [-0.3, -0.25) is 0 Å². The van der Waals surface area contributed by atoms with Crippen LogP contribution in [0.5, 0.6) is 0 Å². The molecule has 0 fully saturated rings. The number of rotatable bonds is 4. The van der Waals surface area contributed by atoms with Crippen molar-refractivity contribution in [1.29, 1.82) is 0 Å². The Labute approximate surface area is 384 Å². The largest absolute Gasteiger partial charge is 0.324 e. The van der Waals surface area contributed by atoms with E-state index >= 15 is 0 Å². The van der Waals surface area contributed by atoms with E-state index in [2.05, 4.69) is 242 Å². The average molecular weight is 840 g/mol. The van der Waals surface area contributed by atoms with Crippen LogP contribution in [0.4, 0.5) is 0 Å². The Morgan fingerprint density at radius 1 is 0.303 bits per heavy atom. The number of hydrogen-bond acceptors (Lipinski definition) is 3. The van der Waals surface area contributed by atoms with Crippen LogP contribution >= 0.6 is 0 Å². The maximum Gasteiger partial charge on any atom is 0.170 e. The van der Waals surface area contributed by atoms with Crippen LogP contribution in [0.1, 0.15) is 67.4 Å². The van der Waals surface area contributed by atoms with Gasteiger partial charge in [0.1, 0.15) is 11.7 Å². The summed E-state index contributed by atoms with van der Waals surface area (Å²) in [6.07, 6.45) is -0.531. The fourth-order valence-corrected chi connectivity index (χ4v) is 12.3. The molecule has 0 bridgehead atoms. The Morgan fingerprint density at radius 3 is 1.23 bits per heavy atom. The summed E-state index contributed by atoms with van der Waals surface area (Å²) in [5.74, 6) is 1.60. The van der Waals surface area contributed by atoms with Crippen molar-refractivity contribution in [2.24, 2.45) is 9.98 Å². The van der Waals surface area contributed by atoms with E-state index < -0.39 is 17.0 Å². The van der Waals surface area contributed by atoms with Crippen molar-refractivity contribution in [3.8, 4) is 33.4 Å². The van der Waals surface area contributed by atoms with Gasteiger partial charge in [-0.05, 0) is 94.7 Å². The zero-order valence-corrected chi connectivity index (χ0v) is 36.0. The first-order chi connectivity index (χ1) is 32.7. The van der Waals surface area contributed by atoms with Crippen molar-refractivity contribution >= 4 is 22.4 Å². The second-order valence-corrected chi connectivity index (χ2v) is 17.9. The zero-order chi connectivity index (χ0) is 43.4. The molecule has 0 atom stereocenters. The van der Waals surface area contributed by atoms with Crippen molar-refractivity contribution < 1.29 is 0 Å². The lowest BCUT2D eigenvalue weighted by atomic mass is 9.52. The number of amidine groups is 2. The third kappa shape index (κ3) is 4.92. The lowest BCUT2D eigenvalue weighted by Gasteiger charge is -2.49. The van der Waals surface area contributed by atoms with Gasteiger partial charge in [0, 0.05) is 16.7 Å². The minimum Gasteiger partial charge on any atom is -0.324 e. The Balaban J connectivity index is 1.10. The van der Waals surface area contributed by atoms with Crippen LogP contribution in [0.2, 0.25) is 0 Å². The maximum atomic E-state index is 5.51. The van der Waals surface area contributed by atoms with E-state index in [-0.39, 0.29) is 0 Å². The normalized spacial score (nSPS) is 15.5. The van der Waals surface area contributed by atoms with Gasteiger partial charge in [0.25, 0.3) is 0 Å². The standard InChI is InChI=1S/C63H41N3/c1-3-20-41(21-4-1)59-64-60(42-22-5-2-6-23-42)66-61(65-59)58-44-24-8-7-19-40(44)35-37-45(58)43-36-38-56-57(39-43)63(52-31-15-11-27-48(52)49-28-12-16-32-53(49)63)55-34-18-17-33-54(55)62(56)50-29-13-9-25-46(50)47-26-10-14-30-51(47)62/h1-39,61H,(H,64,65,66). The van der Waals surface area contributed by atoms with Crippen LogP contribution in [0, 0.1) is 0 Å². The smallest absolute Gasteiger partial charge is 0.170 e. The summed E-state index contributed by atoms with van der Waals surface area (Å²) in [5.41, 5.74) is 19.9. The molecule has 0 saturated heterocycles. The second-order valence-electron chi connectivity index (χ2n) is 17.9. The SMILES string of the molecule is c1ccc(C2=NC(c3c(-c4ccc5c(c4)C4(c6ccccc6-c6ccccc64)c4ccccc4C54c5ccccc5-c5ccccc54)ccc4ccccc34)N=C(c3ccccc3)N2)cc1. The highest BCUT2D eigenvalue weighted by Crippen LogP contribution is 2.67. The molecule has 0 radical (unpaired) electrons. The summed E-state index contributed by atoms with van der Waals surface area (Å²) < 4.78 is 0. The van der Waals surface area contributed by atoms with Gasteiger partial charge in [-0.2, -0.15) is 0 Å². The Kier molecular flexibility index (Phi) is 7.88. The average Bonchev–Trinajstić information content (AvgIpc) is 3.86. The third-order valence-electron chi connectivity index (χ3n) is 14.8. The van der Waals surface area contributed by atoms with Crippen LogP contribution < -0.4 is 5.32 Å². The van der Waals surface area contributed by atoms with Crippen molar-refractivity contribution in [3.05, 3.63) is 298 Å². The molecule has 66 heavy (non-hydrogen) atoms. The van der Waals surface area contributed by atoms with Gasteiger partial charge >= 0.3 is 0 Å². The lowest BCUT2D eigenvalue weighted by molar-refractivity contribution is 0.633. The van der Waals surface area contributed by atoms with E-state index in [1.165, 1.54) is 66.8 Å². The van der Waals surface area contributed by atoms with Gasteiger partial charge in [-0.15, -0.1) is 0 Å². The molecule has 1 heterocycles. The molecule has 3 nitrogen and oxygen atoms in total. The first kappa shape index (κ1) is 37.0. The van der Waals surface area contributed by atoms with Crippen LogP contribution in [0.15, 0.2) is 247 Å². The van der Waals surface area contributed by atoms with Crippen molar-refractivity contribution in [3.63, 3.8) is 0 Å². The minimum absolute atomic E-state index is 0.531. The topological polar surface area (TPSA) is 36.8 Å². The molecule has 0 aromatic heterocycles. The quantitative estimate of drug-likeness (QED) is 0.188. The summed E-state index contributed by atoms with van der Waals surface area (Å²) in [7, 11) is 0. The number of fused-ring (bicyclic) bond motifs is 17. The minimum atomic E-state index is -0.601. The van der Waals surface area contributed by atoms with Gasteiger partial charge in [0.15, 0.2) is 6.17 Å². The Hall–Kier alpha value is -8.40. The molecule has 0 amide bonds. The molecular weight excluding hydrogens is 799 g/mol. The molecule has 14 rings (SSSR count). The van der Waals surface area contributed by atoms with E-state index in [9.17, 15) is 0 Å². The van der Waals surface area contributed by atoms with Crippen LogP contribution in [-0.4, -0.2) is 11.7 Å². The van der Waals surface area contributed by atoms with Crippen molar-refractivity contribution in [2.75, 3.05) is 0 Å². The van der Waals surface area contributed by atoms with Gasteiger partial charge in [-0.1, -0.05) is 231 Å². The number of aliphatic imine (C=N–C) groups is 2. The lowest BCUT2D eigenvalue weighted by Crippen LogP contribution is -2.43. The fraction of sp³-hybridized carbons (Fsp3) is 0.0476. The van der Waals surface area contributed by atoms with Crippen LogP contribution in [0.3, 0.4) is 0 Å². The number of nitrogens with one attached hydrogen (secondary N) is 1. The molecule has 2 spiro atoms. The Bertz CT molecular complexity index is 3550. The summed E-state index contributed by atoms with van der Waals surface area (Å²) in [5, 5.41) is 5.93. The van der Waals surface area contributed by atoms with E-state index in [0.717, 1.165) is 50.3 Å². The van der Waals surface area contributed by atoms with Gasteiger partial charge in [0.2, 0.25) is 0 Å². The maximum absolute atomic E-state index is 5.51. The first-order valence-corrected chi connectivity index (χ1v) is 22.9. The number of benzene rings is 10. The van der Waals surface area contributed by atoms with Gasteiger partial charge < -0.3 is 5.32 Å².